The van der Waals surface area contributed by atoms with Crippen LogP contribution in [0.4, 0.5) is 0 Å². The van der Waals surface area contributed by atoms with E-state index in [0.29, 0.717) is 19.3 Å². The lowest BCUT2D eigenvalue weighted by Crippen LogP contribution is -2.30. The highest BCUT2D eigenvalue weighted by molar-refractivity contribution is 5.71. The molecule has 0 amide bonds. The van der Waals surface area contributed by atoms with E-state index in [2.05, 4.69) is 118 Å². The fourth-order valence-electron chi connectivity index (χ4n) is 6.96. The lowest BCUT2D eigenvalue weighted by molar-refractivity contribution is -0.167. The van der Waals surface area contributed by atoms with Crippen LogP contribution in [0.5, 0.6) is 0 Å². The van der Waals surface area contributed by atoms with E-state index in [-0.39, 0.29) is 31.1 Å². The molecule has 64 heavy (non-hydrogen) atoms. The number of hydrogen-bond acceptors (Lipinski definition) is 6. The van der Waals surface area contributed by atoms with Gasteiger partial charge in [-0.1, -0.05) is 208 Å². The summed E-state index contributed by atoms with van der Waals surface area (Å²) in [6.45, 7) is 6.33. The molecule has 1 atom stereocenters. The molecule has 0 heterocycles. The molecule has 0 aliphatic rings. The van der Waals surface area contributed by atoms with Crippen LogP contribution < -0.4 is 0 Å². The van der Waals surface area contributed by atoms with Crippen molar-refractivity contribution in [1.82, 2.24) is 0 Å². The van der Waals surface area contributed by atoms with E-state index in [1.54, 1.807) is 0 Å². The van der Waals surface area contributed by atoms with Gasteiger partial charge in [0.25, 0.3) is 0 Å². The Bertz CT molecular complexity index is 1300. The van der Waals surface area contributed by atoms with Crippen LogP contribution in [0.25, 0.3) is 0 Å². The van der Waals surface area contributed by atoms with Gasteiger partial charge in [0, 0.05) is 19.3 Å². The Hall–Kier alpha value is -3.67. The standard InChI is InChI=1S/C58H96O6/c1-4-7-10-13-16-19-22-25-28-29-31-33-36-39-42-45-48-51-57(60)63-54-55(53-62-56(59)50-47-44-41-38-35-32-27-24-21-18-15-12-9-6-3)64-58(61)52-49-46-43-40-37-34-30-26-23-20-17-14-11-8-5-2/h8-9,11-12,14,16-21,23,25,27-28,32,55H,4-7,10,13,15,22,24,26,29-31,33-54H2,1-3H3/b11-8-,12-9-,17-14-,19-16-,21-18-,23-20-,28-25-,32-27-. The summed E-state index contributed by atoms with van der Waals surface area (Å²) in [7, 11) is 0. The number of carbonyl (C=O) groups is 3. The molecule has 0 bridgehead atoms. The van der Waals surface area contributed by atoms with Crippen molar-refractivity contribution in [3.05, 3.63) is 97.2 Å². The molecule has 364 valence electrons. The Morgan fingerprint density at radius 2 is 0.688 bits per heavy atom. The van der Waals surface area contributed by atoms with Crippen molar-refractivity contribution in [2.24, 2.45) is 0 Å². The SMILES string of the molecule is CC\C=C/C=C\C=C/CCCCCCCCCC(=O)OC(COC(=O)CCCCCC/C=C\C/C=C\C/C=C\CC)COC(=O)CCCCCCCCC/C=C\C/C=C\CCCCC. The van der Waals surface area contributed by atoms with Gasteiger partial charge in [-0.15, -0.1) is 0 Å². The Kier molecular flexibility index (Phi) is 49.0. The smallest absolute Gasteiger partial charge is 0.306 e. The van der Waals surface area contributed by atoms with Crippen LogP contribution in [0.2, 0.25) is 0 Å². The third-order valence-corrected chi connectivity index (χ3v) is 10.9. The molecule has 0 aliphatic carbocycles. The first-order valence-electron chi connectivity index (χ1n) is 26.3. The molecule has 1 unspecified atom stereocenters. The van der Waals surface area contributed by atoms with Crippen molar-refractivity contribution in [3.63, 3.8) is 0 Å². The predicted octanol–water partition coefficient (Wildman–Crippen LogP) is 17.4. The van der Waals surface area contributed by atoms with E-state index in [0.717, 1.165) is 122 Å². The number of carbonyl (C=O) groups excluding carboxylic acids is 3. The molecule has 0 aliphatic heterocycles. The second-order valence-electron chi connectivity index (χ2n) is 17.1. The third-order valence-electron chi connectivity index (χ3n) is 10.9. The van der Waals surface area contributed by atoms with Crippen LogP contribution in [-0.2, 0) is 28.6 Å². The third kappa shape index (κ3) is 49.3. The number of ether oxygens (including phenoxy) is 3. The van der Waals surface area contributed by atoms with Crippen LogP contribution in [0, 0.1) is 0 Å². The van der Waals surface area contributed by atoms with E-state index in [9.17, 15) is 14.4 Å². The lowest BCUT2D eigenvalue weighted by atomic mass is 10.1. The summed E-state index contributed by atoms with van der Waals surface area (Å²) in [4.78, 5) is 38.0. The quantitative estimate of drug-likeness (QED) is 0.0199. The number of allylic oxidation sites excluding steroid dienone is 16. The Morgan fingerprint density at radius 3 is 1.12 bits per heavy atom. The van der Waals surface area contributed by atoms with Crippen molar-refractivity contribution < 1.29 is 28.6 Å². The highest BCUT2D eigenvalue weighted by Gasteiger charge is 2.19. The van der Waals surface area contributed by atoms with Crippen LogP contribution in [0.3, 0.4) is 0 Å². The van der Waals surface area contributed by atoms with Gasteiger partial charge in [-0.05, 0) is 103 Å². The fraction of sp³-hybridized carbons (Fsp3) is 0.672. The van der Waals surface area contributed by atoms with Gasteiger partial charge in [0.2, 0.25) is 0 Å². The molecule has 6 nitrogen and oxygen atoms in total. The molecule has 0 aromatic rings. The summed E-state index contributed by atoms with van der Waals surface area (Å²) in [5, 5.41) is 0. The van der Waals surface area contributed by atoms with Crippen molar-refractivity contribution in [1.29, 1.82) is 0 Å². The maximum atomic E-state index is 12.8. The largest absolute Gasteiger partial charge is 0.462 e. The Labute approximate surface area is 394 Å². The molecule has 0 radical (unpaired) electrons. The topological polar surface area (TPSA) is 78.9 Å². The first-order valence-corrected chi connectivity index (χ1v) is 26.3. The Morgan fingerprint density at radius 1 is 0.344 bits per heavy atom. The zero-order valence-corrected chi connectivity index (χ0v) is 41.5. The van der Waals surface area contributed by atoms with Crippen molar-refractivity contribution in [2.45, 2.75) is 239 Å². The van der Waals surface area contributed by atoms with E-state index >= 15 is 0 Å². The van der Waals surface area contributed by atoms with Crippen molar-refractivity contribution in [2.75, 3.05) is 13.2 Å². The second kappa shape index (κ2) is 52.0. The second-order valence-corrected chi connectivity index (χ2v) is 17.1. The van der Waals surface area contributed by atoms with Gasteiger partial charge in [-0.2, -0.15) is 0 Å². The van der Waals surface area contributed by atoms with E-state index in [1.807, 2.05) is 0 Å². The number of hydrogen-bond donors (Lipinski definition) is 0. The van der Waals surface area contributed by atoms with Gasteiger partial charge in [0.1, 0.15) is 13.2 Å². The van der Waals surface area contributed by atoms with Gasteiger partial charge >= 0.3 is 17.9 Å². The number of unbranched alkanes of at least 4 members (excludes halogenated alkanes) is 21. The first-order chi connectivity index (χ1) is 31.5. The lowest BCUT2D eigenvalue weighted by Gasteiger charge is -2.18. The molecular weight excluding hydrogens is 793 g/mol. The van der Waals surface area contributed by atoms with E-state index < -0.39 is 6.10 Å². The van der Waals surface area contributed by atoms with Crippen molar-refractivity contribution in [3.8, 4) is 0 Å². The van der Waals surface area contributed by atoms with Gasteiger partial charge < -0.3 is 14.2 Å². The first kappa shape index (κ1) is 60.3. The molecule has 0 saturated carbocycles. The number of esters is 3. The minimum absolute atomic E-state index is 0.0951. The highest BCUT2D eigenvalue weighted by Crippen LogP contribution is 2.14. The molecule has 0 rings (SSSR count). The Balaban J connectivity index is 4.45. The molecule has 0 N–H and O–H groups in total. The average molecular weight is 889 g/mol. The molecule has 0 aromatic heterocycles. The summed E-state index contributed by atoms with van der Waals surface area (Å²) in [6.07, 6.45) is 68.1. The van der Waals surface area contributed by atoms with Crippen LogP contribution in [0.1, 0.15) is 233 Å². The zero-order chi connectivity index (χ0) is 46.5. The van der Waals surface area contributed by atoms with E-state index in [1.165, 1.54) is 70.6 Å². The minimum atomic E-state index is -0.797. The monoisotopic (exact) mass is 889 g/mol. The fourth-order valence-corrected chi connectivity index (χ4v) is 6.96. The molecule has 0 spiro atoms. The van der Waals surface area contributed by atoms with Gasteiger partial charge in [-0.25, -0.2) is 0 Å². The molecule has 0 fully saturated rings. The van der Waals surface area contributed by atoms with E-state index in [4.69, 9.17) is 14.2 Å². The molecule has 6 heteroatoms. The molecular formula is C58H96O6. The van der Waals surface area contributed by atoms with Crippen LogP contribution >= 0.6 is 0 Å². The van der Waals surface area contributed by atoms with Crippen molar-refractivity contribution >= 4 is 17.9 Å². The number of rotatable bonds is 46. The molecule has 0 aromatic carbocycles. The average Bonchev–Trinajstić information content (AvgIpc) is 3.29. The summed E-state index contributed by atoms with van der Waals surface area (Å²) < 4.78 is 16.8. The van der Waals surface area contributed by atoms with Crippen LogP contribution in [-0.4, -0.2) is 37.2 Å². The predicted molar refractivity (Wildman–Crippen MR) is 274 cm³/mol. The van der Waals surface area contributed by atoms with Gasteiger partial charge in [0.15, 0.2) is 6.10 Å². The highest BCUT2D eigenvalue weighted by atomic mass is 16.6. The van der Waals surface area contributed by atoms with Gasteiger partial charge in [0.05, 0.1) is 0 Å². The summed E-state index contributed by atoms with van der Waals surface area (Å²) in [5.74, 6) is -0.939. The van der Waals surface area contributed by atoms with Gasteiger partial charge in [-0.3, -0.25) is 14.4 Å². The summed E-state index contributed by atoms with van der Waals surface area (Å²) in [5.41, 5.74) is 0. The maximum Gasteiger partial charge on any atom is 0.306 e. The molecule has 0 saturated heterocycles. The summed E-state index contributed by atoms with van der Waals surface area (Å²) in [6, 6.07) is 0. The maximum absolute atomic E-state index is 12.8. The minimum Gasteiger partial charge on any atom is -0.462 e. The summed E-state index contributed by atoms with van der Waals surface area (Å²) >= 11 is 0. The van der Waals surface area contributed by atoms with Crippen LogP contribution in [0.15, 0.2) is 97.2 Å². The zero-order valence-electron chi connectivity index (χ0n) is 41.5. The normalized spacial score (nSPS) is 12.9.